The van der Waals surface area contributed by atoms with E-state index in [1.54, 1.807) is 0 Å². The van der Waals surface area contributed by atoms with Crippen molar-refractivity contribution < 1.29 is 10.2 Å². The topological polar surface area (TPSA) is 40.5 Å². The Morgan fingerprint density at radius 1 is 1.14 bits per heavy atom. The van der Waals surface area contributed by atoms with Crippen LogP contribution >= 0.6 is 0 Å². The molecule has 29 heavy (non-hydrogen) atoms. The van der Waals surface area contributed by atoms with Gasteiger partial charge in [0.15, 0.2) is 0 Å². The zero-order valence-electron chi connectivity index (χ0n) is 17.3. The van der Waals surface area contributed by atoms with Crippen LogP contribution in [-0.4, -0.2) is 16.3 Å². The number of phenols is 1. The molecule has 0 aliphatic heterocycles. The van der Waals surface area contributed by atoms with Gasteiger partial charge in [-0.3, -0.25) is 0 Å². The number of aromatic hydroxyl groups is 1. The Morgan fingerprint density at radius 2 is 1.93 bits per heavy atom. The Labute approximate surface area is 174 Å². The lowest BCUT2D eigenvalue weighted by atomic mass is 9.50. The maximum absolute atomic E-state index is 11.0. The third-order valence-electron chi connectivity index (χ3n) is 8.44. The highest BCUT2D eigenvalue weighted by Crippen LogP contribution is 2.65. The van der Waals surface area contributed by atoms with Crippen molar-refractivity contribution in [2.45, 2.75) is 57.0 Å². The molecule has 0 saturated heterocycles. The molecule has 7 atom stereocenters. The minimum absolute atomic E-state index is 0.204. The molecule has 2 aromatic rings. The van der Waals surface area contributed by atoms with E-state index in [1.165, 1.54) is 29.5 Å². The van der Waals surface area contributed by atoms with Crippen LogP contribution in [0, 0.1) is 23.2 Å². The van der Waals surface area contributed by atoms with Gasteiger partial charge in [-0.2, -0.15) is 0 Å². The van der Waals surface area contributed by atoms with Crippen molar-refractivity contribution in [2.75, 3.05) is 0 Å². The number of phenolic OH excluding ortho intramolecular Hbond substituents is 1. The summed E-state index contributed by atoms with van der Waals surface area (Å²) in [6.45, 7) is 6.43. The summed E-state index contributed by atoms with van der Waals surface area (Å²) < 4.78 is 0. The third kappa shape index (κ3) is 2.95. The van der Waals surface area contributed by atoms with E-state index in [4.69, 9.17) is 0 Å². The first-order valence-electron chi connectivity index (χ1n) is 11.2. The first-order chi connectivity index (χ1) is 14.0. The third-order valence-corrected chi connectivity index (χ3v) is 8.44. The molecule has 2 fully saturated rings. The van der Waals surface area contributed by atoms with Gasteiger partial charge in [0.2, 0.25) is 0 Å². The predicted molar refractivity (Wildman–Crippen MR) is 117 cm³/mol. The van der Waals surface area contributed by atoms with Gasteiger partial charge in [0, 0.05) is 0 Å². The molecule has 0 amide bonds. The molecule has 0 unspecified atom stereocenters. The number of hydrogen-bond donors (Lipinski definition) is 2. The molecular formula is C27H32O2. The van der Waals surface area contributed by atoms with Crippen LogP contribution < -0.4 is 0 Å². The minimum Gasteiger partial charge on any atom is -0.508 e. The summed E-state index contributed by atoms with van der Waals surface area (Å²) in [4.78, 5) is 0. The summed E-state index contributed by atoms with van der Waals surface area (Å²) in [5, 5.41) is 21.1. The van der Waals surface area contributed by atoms with Gasteiger partial charge in [-0.15, -0.1) is 6.58 Å². The Kier molecular flexibility index (Phi) is 4.58. The van der Waals surface area contributed by atoms with Gasteiger partial charge in [0.1, 0.15) is 5.75 Å². The summed E-state index contributed by atoms with van der Waals surface area (Å²) in [5.74, 6) is 2.63. The molecule has 0 spiro atoms. The van der Waals surface area contributed by atoms with Crippen LogP contribution in [0.5, 0.6) is 5.75 Å². The van der Waals surface area contributed by atoms with Crippen LogP contribution in [0.4, 0.5) is 0 Å². The number of allylic oxidation sites excluding steroid dienone is 1. The molecule has 3 aliphatic rings. The SMILES string of the molecule is C=CC[C@@H]1[C@H]2[C@H]3[C@H](CC[C@]2(C)C[C@H]1O)c1ccc(O)cc1C[C@H]3c1ccccc1. The van der Waals surface area contributed by atoms with Crippen LogP contribution in [0.3, 0.4) is 0 Å². The van der Waals surface area contributed by atoms with Crippen LogP contribution in [-0.2, 0) is 6.42 Å². The highest BCUT2D eigenvalue weighted by Gasteiger charge is 2.59. The zero-order valence-corrected chi connectivity index (χ0v) is 17.3. The lowest BCUT2D eigenvalue weighted by Crippen LogP contribution is -2.45. The van der Waals surface area contributed by atoms with E-state index in [2.05, 4.69) is 49.9 Å². The average molecular weight is 389 g/mol. The molecule has 3 aliphatic carbocycles. The van der Waals surface area contributed by atoms with Crippen molar-refractivity contribution in [1.29, 1.82) is 0 Å². The summed E-state index contributed by atoms with van der Waals surface area (Å²) in [6.07, 6.45) is 6.92. The molecule has 2 saturated carbocycles. The van der Waals surface area contributed by atoms with Gasteiger partial charge in [0.05, 0.1) is 6.10 Å². The smallest absolute Gasteiger partial charge is 0.115 e. The number of rotatable bonds is 3. The molecule has 152 valence electrons. The number of hydrogen-bond acceptors (Lipinski definition) is 2. The molecule has 2 aromatic carbocycles. The quantitative estimate of drug-likeness (QED) is 0.652. The van der Waals surface area contributed by atoms with E-state index in [-0.39, 0.29) is 11.5 Å². The van der Waals surface area contributed by atoms with Crippen LogP contribution in [0.1, 0.15) is 61.1 Å². The molecule has 2 nitrogen and oxygen atoms in total. The number of aliphatic hydroxyl groups excluding tert-OH is 1. The van der Waals surface area contributed by atoms with Crippen LogP contribution in [0.25, 0.3) is 0 Å². The molecule has 0 heterocycles. The van der Waals surface area contributed by atoms with Crippen molar-refractivity contribution in [3.05, 3.63) is 77.9 Å². The van der Waals surface area contributed by atoms with Gasteiger partial charge in [0.25, 0.3) is 0 Å². The van der Waals surface area contributed by atoms with Crippen LogP contribution in [0.2, 0.25) is 0 Å². The number of fused-ring (bicyclic) bond motifs is 5. The fraction of sp³-hybridized carbons (Fsp3) is 0.481. The Hall–Kier alpha value is -2.06. The maximum Gasteiger partial charge on any atom is 0.115 e. The van der Waals surface area contributed by atoms with Gasteiger partial charge in [-0.05, 0) is 95.9 Å². The highest BCUT2D eigenvalue weighted by molar-refractivity contribution is 5.43. The van der Waals surface area contributed by atoms with Crippen LogP contribution in [0.15, 0.2) is 61.2 Å². The maximum atomic E-state index is 11.0. The van der Waals surface area contributed by atoms with E-state index >= 15 is 0 Å². The first kappa shape index (κ1) is 18.9. The van der Waals surface area contributed by atoms with Crippen molar-refractivity contribution in [1.82, 2.24) is 0 Å². The molecule has 0 aromatic heterocycles. The van der Waals surface area contributed by atoms with E-state index in [1.807, 2.05) is 18.2 Å². The minimum atomic E-state index is -0.223. The van der Waals surface area contributed by atoms with Crippen molar-refractivity contribution >= 4 is 0 Å². The first-order valence-corrected chi connectivity index (χ1v) is 11.2. The van der Waals surface area contributed by atoms with E-state index in [9.17, 15) is 10.2 Å². The second kappa shape index (κ2) is 7.02. The fourth-order valence-corrected chi connectivity index (χ4v) is 7.40. The summed E-state index contributed by atoms with van der Waals surface area (Å²) in [6, 6.07) is 16.9. The van der Waals surface area contributed by atoms with E-state index < -0.39 is 0 Å². The zero-order chi connectivity index (χ0) is 20.2. The largest absolute Gasteiger partial charge is 0.508 e. The lowest BCUT2D eigenvalue weighted by Gasteiger charge is -2.53. The Bertz CT molecular complexity index is 904. The Morgan fingerprint density at radius 3 is 2.69 bits per heavy atom. The highest BCUT2D eigenvalue weighted by atomic mass is 16.3. The standard InChI is InChI=1S/C27H32O2/c1-3-7-22-24(29)16-27(2)13-12-21-20-11-10-19(28)14-18(20)15-23(25(21)26(22)27)17-8-5-4-6-9-17/h3-6,8-11,14,21-26,28-29H,1,7,12-13,15-16H2,2H3/t21-,22+,23+,24-,25+,26+,27-/m1/s1. The molecule has 0 radical (unpaired) electrons. The van der Waals surface area contributed by atoms with E-state index in [0.29, 0.717) is 35.3 Å². The molecule has 2 N–H and O–H groups in total. The second-order valence-corrected chi connectivity index (χ2v) is 9.97. The molecular weight excluding hydrogens is 356 g/mol. The van der Waals surface area contributed by atoms with Gasteiger partial charge < -0.3 is 10.2 Å². The molecule has 2 heteroatoms. The van der Waals surface area contributed by atoms with Crippen molar-refractivity contribution in [3.8, 4) is 5.75 Å². The molecule has 5 rings (SSSR count). The number of benzene rings is 2. The predicted octanol–water partition coefficient (Wildman–Crippen LogP) is 5.81. The summed E-state index contributed by atoms with van der Waals surface area (Å²) in [5.41, 5.74) is 4.35. The summed E-state index contributed by atoms with van der Waals surface area (Å²) >= 11 is 0. The van der Waals surface area contributed by atoms with Gasteiger partial charge in [-0.25, -0.2) is 0 Å². The monoisotopic (exact) mass is 388 g/mol. The van der Waals surface area contributed by atoms with Crippen molar-refractivity contribution in [3.63, 3.8) is 0 Å². The Balaban J connectivity index is 1.66. The van der Waals surface area contributed by atoms with Gasteiger partial charge >= 0.3 is 0 Å². The second-order valence-electron chi connectivity index (χ2n) is 9.97. The average Bonchev–Trinajstić information content (AvgIpc) is 2.97. The number of aliphatic hydroxyl groups is 1. The van der Waals surface area contributed by atoms with Crippen molar-refractivity contribution in [2.24, 2.45) is 23.2 Å². The van der Waals surface area contributed by atoms with E-state index in [0.717, 1.165) is 19.3 Å². The summed E-state index contributed by atoms with van der Waals surface area (Å²) in [7, 11) is 0. The normalized spacial score (nSPS) is 38.0. The lowest BCUT2D eigenvalue weighted by molar-refractivity contribution is 0.0187. The molecule has 0 bridgehead atoms. The fourth-order valence-electron chi connectivity index (χ4n) is 7.40. The van der Waals surface area contributed by atoms with Gasteiger partial charge in [-0.1, -0.05) is 49.4 Å².